The van der Waals surface area contributed by atoms with Crippen LogP contribution >= 0.6 is 11.6 Å². The maximum Gasteiger partial charge on any atom is 0.251 e. The van der Waals surface area contributed by atoms with E-state index in [4.69, 9.17) is 17.3 Å². The van der Waals surface area contributed by atoms with Crippen LogP contribution in [0.3, 0.4) is 0 Å². The number of hydrogen-bond acceptors (Lipinski definition) is 3. The zero-order valence-electron chi connectivity index (χ0n) is 10.6. The van der Waals surface area contributed by atoms with Gasteiger partial charge >= 0.3 is 0 Å². The van der Waals surface area contributed by atoms with E-state index >= 15 is 0 Å². The molecule has 0 fully saturated rings. The number of carbonyl (C=O) groups excluding carboxylic acids is 2. The van der Waals surface area contributed by atoms with Gasteiger partial charge in [0.1, 0.15) is 0 Å². The quantitative estimate of drug-likeness (QED) is 0.716. The lowest BCUT2D eigenvalue weighted by atomic mass is 10.1. The van der Waals surface area contributed by atoms with Gasteiger partial charge in [-0.15, -0.1) is 6.58 Å². The molecule has 4 N–H and O–H groups in total. The molecular weight excluding hydrogens is 266 g/mol. The van der Waals surface area contributed by atoms with Crippen LogP contribution in [0.15, 0.2) is 30.9 Å². The Hall–Kier alpha value is -1.85. The standard InChI is InChI=1S/C13H16ClN3O2/c1-3-4-10(15)13(19)17-11-7-8(12(18)16-2)5-6-9(11)14/h3,5-7,10H,1,4,15H2,2H3,(H,16,18)(H,17,19). The first-order chi connectivity index (χ1) is 8.99. The highest BCUT2D eigenvalue weighted by molar-refractivity contribution is 6.34. The summed E-state index contributed by atoms with van der Waals surface area (Å²) in [4.78, 5) is 23.3. The maximum atomic E-state index is 11.8. The molecule has 0 saturated carbocycles. The number of rotatable bonds is 5. The smallest absolute Gasteiger partial charge is 0.251 e. The summed E-state index contributed by atoms with van der Waals surface area (Å²) in [7, 11) is 1.52. The van der Waals surface area contributed by atoms with E-state index in [-0.39, 0.29) is 11.8 Å². The largest absolute Gasteiger partial charge is 0.355 e. The van der Waals surface area contributed by atoms with Crippen molar-refractivity contribution in [3.05, 3.63) is 41.4 Å². The van der Waals surface area contributed by atoms with Crippen LogP contribution < -0.4 is 16.4 Å². The zero-order valence-corrected chi connectivity index (χ0v) is 11.3. The predicted molar refractivity (Wildman–Crippen MR) is 76.3 cm³/mol. The van der Waals surface area contributed by atoms with E-state index in [1.54, 1.807) is 18.2 Å². The Balaban J connectivity index is 2.91. The first-order valence-electron chi connectivity index (χ1n) is 5.68. The van der Waals surface area contributed by atoms with Crippen LogP contribution in [0.5, 0.6) is 0 Å². The maximum absolute atomic E-state index is 11.8. The number of halogens is 1. The van der Waals surface area contributed by atoms with E-state index in [0.29, 0.717) is 22.7 Å². The Morgan fingerprint density at radius 3 is 2.79 bits per heavy atom. The molecule has 5 nitrogen and oxygen atoms in total. The minimum atomic E-state index is -0.697. The fourth-order valence-corrected chi connectivity index (χ4v) is 1.58. The molecule has 102 valence electrons. The lowest BCUT2D eigenvalue weighted by Gasteiger charge is -2.12. The third-order valence-electron chi connectivity index (χ3n) is 2.47. The molecule has 0 saturated heterocycles. The first-order valence-corrected chi connectivity index (χ1v) is 6.06. The van der Waals surface area contributed by atoms with Gasteiger partial charge in [0.05, 0.1) is 16.8 Å². The van der Waals surface area contributed by atoms with E-state index < -0.39 is 6.04 Å². The third kappa shape index (κ3) is 4.08. The number of amides is 2. The summed E-state index contributed by atoms with van der Waals surface area (Å²) < 4.78 is 0. The second kappa shape index (κ2) is 6.92. The molecule has 2 amide bonds. The van der Waals surface area contributed by atoms with E-state index in [1.165, 1.54) is 13.1 Å². The normalized spacial score (nSPS) is 11.5. The van der Waals surface area contributed by atoms with Crippen LogP contribution in [-0.2, 0) is 4.79 Å². The SMILES string of the molecule is C=CCC(N)C(=O)Nc1cc(C(=O)NC)ccc1Cl. The van der Waals surface area contributed by atoms with Crippen molar-refractivity contribution in [2.45, 2.75) is 12.5 Å². The molecule has 1 unspecified atom stereocenters. The molecule has 1 rings (SSSR count). The van der Waals surface area contributed by atoms with Crippen molar-refractivity contribution in [2.75, 3.05) is 12.4 Å². The molecule has 1 aromatic carbocycles. The Labute approximate surface area is 116 Å². The number of hydrogen-bond donors (Lipinski definition) is 3. The van der Waals surface area contributed by atoms with Crippen molar-refractivity contribution in [1.82, 2.24) is 5.32 Å². The first kappa shape index (κ1) is 15.2. The molecular formula is C13H16ClN3O2. The van der Waals surface area contributed by atoms with Crippen molar-refractivity contribution in [3.8, 4) is 0 Å². The third-order valence-corrected chi connectivity index (χ3v) is 2.80. The van der Waals surface area contributed by atoms with Crippen LogP contribution in [0.4, 0.5) is 5.69 Å². The number of nitrogens with one attached hydrogen (secondary N) is 2. The summed E-state index contributed by atoms with van der Waals surface area (Å²) >= 11 is 5.96. The van der Waals surface area contributed by atoms with Gasteiger partial charge in [-0.1, -0.05) is 17.7 Å². The average Bonchev–Trinajstić information content (AvgIpc) is 2.40. The van der Waals surface area contributed by atoms with E-state index in [9.17, 15) is 9.59 Å². The Morgan fingerprint density at radius 1 is 1.53 bits per heavy atom. The molecule has 1 atom stereocenters. The Kier molecular flexibility index (Phi) is 5.54. The van der Waals surface area contributed by atoms with Gasteiger partial charge in [-0.25, -0.2) is 0 Å². The van der Waals surface area contributed by atoms with Gasteiger partial charge in [0, 0.05) is 12.6 Å². The number of anilines is 1. The lowest BCUT2D eigenvalue weighted by molar-refractivity contribution is -0.117. The Morgan fingerprint density at radius 2 is 2.21 bits per heavy atom. The molecule has 0 aromatic heterocycles. The molecule has 0 aliphatic rings. The van der Waals surface area contributed by atoms with Crippen LogP contribution in [0.25, 0.3) is 0 Å². The summed E-state index contributed by atoms with van der Waals surface area (Å²) in [6.45, 7) is 3.52. The van der Waals surface area contributed by atoms with Gasteiger partial charge < -0.3 is 16.4 Å². The zero-order chi connectivity index (χ0) is 14.4. The number of carbonyl (C=O) groups is 2. The second-order valence-corrected chi connectivity index (χ2v) is 4.30. The lowest BCUT2D eigenvalue weighted by Crippen LogP contribution is -2.35. The molecule has 0 spiro atoms. The van der Waals surface area contributed by atoms with Crippen molar-refractivity contribution in [1.29, 1.82) is 0 Å². The highest BCUT2D eigenvalue weighted by atomic mass is 35.5. The van der Waals surface area contributed by atoms with Crippen LogP contribution in [0.2, 0.25) is 5.02 Å². The van der Waals surface area contributed by atoms with Gasteiger partial charge in [-0.05, 0) is 24.6 Å². The van der Waals surface area contributed by atoms with E-state index in [0.717, 1.165) is 0 Å². The summed E-state index contributed by atoms with van der Waals surface area (Å²) in [6, 6.07) is 3.92. The van der Waals surface area contributed by atoms with E-state index in [2.05, 4.69) is 17.2 Å². The molecule has 0 heterocycles. The van der Waals surface area contributed by atoms with Crippen LogP contribution in [0.1, 0.15) is 16.8 Å². The van der Waals surface area contributed by atoms with Gasteiger partial charge in [0.15, 0.2) is 0 Å². The highest BCUT2D eigenvalue weighted by Gasteiger charge is 2.14. The van der Waals surface area contributed by atoms with Crippen LogP contribution in [-0.4, -0.2) is 24.9 Å². The molecule has 0 aliphatic heterocycles. The fourth-order valence-electron chi connectivity index (χ4n) is 1.42. The summed E-state index contributed by atoms with van der Waals surface area (Å²) in [5.74, 6) is -0.640. The highest BCUT2D eigenvalue weighted by Crippen LogP contribution is 2.23. The number of nitrogens with two attached hydrogens (primary N) is 1. The van der Waals surface area contributed by atoms with Crippen LogP contribution in [0, 0.1) is 0 Å². The molecule has 0 radical (unpaired) electrons. The summed E-state index contributed by atoms with van der Waals surface area (Å²) in [6.07, 6.45) is 1.92. The van der Waals surface area contributed by atoms with Gasteiger partial charge in [-0.3, -0.25) is 9.59 Å². The van der Waals surface area contributed by atoms with Gasteiger partial charge in [-0.2, -0.15) is 0 Å². The molecule has 1 aromatic rings. The van der Waals surface area contributed by atoms with E-state index in [1.807, 2.05) is 0 Å². The fraction of sp³-hybridized carbons (Fsp3) is 0.231. The number of benzene rings is 1. The average molecular weight is 282 g/mol. The summed E-state index contributed by atoms with van der Waals surface area (Å²) in [5, 5.41) is 5.42. The minimum Gasteiger partial charge on any atom is -0.355 e. The molecule has 19 heavy (non-hydrogen) atoms. The minimum absolute atomic E-state index is 0.262. The van der Waals surface area contributed by atoms with Gasteiger partial charge in [0.25, 0.3) is 5.91 Å². The molecule has 0 aliphatic carbocycles. The van der Waals surface area contributed by atoms with Crippen molar-refractivity contribution >= 4 is 29.1 Å². The summed E-state index contributed by atoms with van der Waals surface area (Å²) in [5.41, 5.74) is 6.40. The monoisotopic (exact) mass is 281 g/mol. The van der Waals surface area contributed by atoms with Crippen molar-refractivity contribution in [2.24, 2.45) is 5.73 Å². The molecule has 6 heteroatoms. The van der Waals surface area contributed by atoms with Crippen molar-refractivity contribution in [3.63, 3.8) is 0 Å². The molecule has 0 bridgehead atoms. The van der Waals surface area contributed by atoms with Gasteiger partial charge in [0.2, 0.25) is 5.91 Å². The predicted octanol–water partition coefficient (Wildman–Crippen LogP) is 1.54. The Bertz CT molecular complexity index is 503. The van der Waals surface area contributed by atoms with Crippen molar-refractivity contribution < 1.29 is 9.59 Å². The topological polar surface area (TPSA) is 84.2 Å². The second-order valence-electron chi connectivity index (χ2n) is 3.89.